The second kappa shape index (κ2) is 7.27. The van der Waals surface area contributed by atoms with Crippen LogP contribution in [0.25, 0.3) is 6.08 Å². The van der Waals surface area contributed by atoms with Crippen LogP contribution in [-0.4, -0.2) is 15.9 Å². The van der Waals surface area contributed by atoms with Gasteiger partial charge in [0.2, 0.25) is 0 Å². The van der Waals surface area contributed by atoms with Crippen molar-refractivity contribution in [2.75, 3.05) is 0 Å². The van der Waals surface area contributed by atoms with Gasteiger partial charge < -0.3 is 0 Å². The lowest BCUT2D eigenvalue weighted by atomic mass is 10.1. The number of para-hydroxylation sites is 1. The fourth-order valence-electron chi connectivity index (χ4n) is 2.28. The fraction of sp³-hybridized carbons (Fsp3) is 0.0526. The van der Waals surface area contributed by atoms with Crippen LogP contribution in [0.4, 0.5) is 5.69 Å². The van der Waals surface area contributed by atoms with Crippen molar-refractivity contribution in [2.45, 2.75) is 6.92 Å². The smallest absolute Gasteiger partial charge is 0.266 e. The first-order valence-corrected chi connectivity index (χ1v) is 8.36. The van der Waals surface area contributed by atoms with Crippen LogP contribution in [0.5, 0.6) is 0 Å². The maximum absolute atomic E-state index is 12.0. The van der Waals surface area contributed by atoms with Gasteiger partial charge in [0.15, 0.2) is 0 Å². The molecule has 5 nitrogen and oxygen atoms in total. The summed E-state index contributed by atoms with van der Waals surface area (Å²) in [6.45, 7) is 2.00. The Morgan fingerprint density at radius 2 is 1.84 bits per heavy atom. The Morgan fingerprint density at radius 1 is 1.12 bits per heavy atom. The Balaban J connectivity index is 1.77. The van der Waals surface area contributed by atoms with Gasteiger partial charge in [-0.2, -0.15) is 0 Å². The number of amides is 1. The molecular weight excluding hydrogens is 336 g/mol. The molecule has 6 heteroatoms. The maximum Gasteiger partial charge on any atom is 0.284 e. The molecule has 1 aliphatic rings. The Morgan fingerprint density at radius 3 is 2.56 bits per heavy atom. The molecule has 0 atom stereocenters. The SMILES string of the molecule is Cc1ccc(C2=NC(=O)/C(=C/C=C/c3ccccc3[N+](=O)[O-])S2)cc1. The van der Waals surface area contributed by atoms with Crippen molar-refractivity contribution in [3.05, 3.63) is 92.4 Å². The molecule has 2 aromatic rings. The Hall–Kier alpha value is -2.99. The van der Waals surface area contributed by atoms with E-state index in [1.807, 2.05) is 31.2 Å². The number of hydrogen-bond acceptors (Lipinski definition) is 4. The van der Waals surface area contributed by atoms with Crippen molar-refractivity contribution < 1.29 is 9.72 Å². The Bertz CT molecular complexity index is 928. The van der Waals surface area contributed by atoms with Crippen LogP contribution in [0.3, 0.4) is 0 Å². The molecule has 0 aliphatic carbocycles. The van der Waals surface area contributed by atoms with Gasteiger partial charge in [-0.05, 0) is 25.1 Å². The number of aliphatic imine (C=N–C) groups is 1. The summed E-state index contributed by atoms with van der Waals surface area (Å²) in [4.78, 5) is 27.2. The maximum atomic E-state index is 12.0. The Kier molecular flexibility index (Phi) is 4.90. The first-order chi connectivity index (χ1) is 12.0. The lowest BCUT2D eigenvalue weighted by molar-refractivity contribution is -0.385. The van der Waals surface area contributed by atoms with E-state index in [0.717, 1.165) is 11.1 Å². The third-order valence-electron chi connectivity index (χ3n) is 3.58. The van der Waals surface area contributed by atoms with Gasteiger partial charge in [0, 0.05) is 11.6 Å². The Labute approximate surface area is 148 Å². The third kappa shape index (κ3) is 3.92. The molecule has 1 amide bonds. The summed E-state index contributed by atoms with van der Waals surface area (Å²) >= 11 is 1.30. The largest absolute Gasteiger partial charge is 0.284 e. The minimum Gasteiger partial charge on any atom is -0.266 e. The molecule has 0 N–H and O–H groups in total. The van der Waals surface area contributed by atoms with Crippen LogP contribution in [0.1, 0.15) is 16.7 Å². The van der Waals surface area contributed by atoms with E-state index in [1.54, 1.807) is 36.4 Å². The van der Waals surface area contributed by atoms with Gasteiger partial charge in [-0.1, -0.05) is 59.8 Å². The molecule has 0 radical (unpaired) electrons. The number of nitrogens with zero attached hydrogens (tertiary/aromatic N) is 2. The first kappa shape index (κ1) is 16.9. The summed E-state index contributed by atoms with van der Waals surface area (Å²) in [5.41, 5.74) is 2.55. The molecule has 1 aliphatic heterocycles. The molecule has 3 rings (SSSR count). The van der Waals surface area contributed by atoms with Gasteiger partial charge in [0.25, 0.3) is 11.6 Å². The molecule has 0 saturated carbocycles. The van der Waals surface area contributed by atoms with E-state index in [2.05, 4.69) is 4.99 Å². The predicted molar refractivity (Wildman–Crippen MR) is 101 cm³/mol. The van der Waals surface area contributed by atoms with Crippen LogP contribution < -0.4 is 0 Å². The number of hydrogen-bond donors (Lipinski definition) is 0. The monoisotopic (exact) mass is 350 g/mol. The summed E-state index contributed by atoms with van der Waals surface area (Å²) in [6, 6.07) is 14.3. The van der Waals surface area contributed by atoms with Crippen molar-refractivity contribution in [2.24, 2.45) is 4.99 Å². The standard InChI is InChI=1S/C19H14N2O3S/c1-13-9-11-15(12-10-13)19-20-18(22)17(25-19)8-4-6-14-5-2-3-7-16(14)21(23)24/h2-12H,1H3/b6-4+,17-8-. The summed E-state index contributed by atoms with van der Waals surface area (Å²) in [7, 11) is 0. The quantitative estimate of drug-likeness (QED) is 0.462. The number of carbonyl (C=O) groups excluding carboxylic acids is 1. The number of carbonyl (C=O) groups is 1. The topological polar surface area (TPSA) is 72.6 Å². The highest BCUT2D eigenvalue weighted by atomic mass is 32.2. The molecule has 0 aromatic heterocycles. The van der Waals surface area contributed by atoms with Gasteiger partial charge in [0.05, 0.1) is 15.4 Å². The number of nitro benzene ring substituents is 1. The minimum absolute atomic E-state index is 0.0270. The zero-order valence-corrected chi connectivity index (χ0v) is 14.2. The predicted octanol–water partition coefficient (Wildman–Crippen LogP) is 4.52. The second-order valence-electron chi connectivity index (χ2n) is 5.40. The molecule has 0 unspecified atom stereocenters. The number of benzene rings is 2. The average Bonchev–Trinajstić information content (AvgIpc) is 2.97. The fourth-order valence-corrected chi connectivity index (χ4v) is 3.15. The van der Waals surface area contributed by atoms with Gasteiger partial charge in [-0.15, -0.1) is 0 Å². The lowest BCUT2D eigenvalue weighted by Gasteiger charge is -1.99. The van der Waals surface area contributed by atoms with E-state index in [4.69, 9.17) is 0 Å². The molecule has 1 heterocycles. The van der Waals surface area contributed by atoms with Crippen LogP contribution in [0.2, 0.25) is 0 Å². The molecule has 0 spiro atoms. The van der Waals surface area contributed by atoms with Crippen molar-refractivity contribution in [1.82, 2.24) is 0 Å². The molecule has 0 saturated heterocycles. The number of nitro groups is 1. The molecule has 0 bridgehead atoms. The number of allylic oxidation sites excluding steroid dienone is 2. The highest BCUT2D eigenvalue weighted by Gasteiger charge is 2.22. The zero-order chi connectivity index (χ0) is 17.8. The average molecular weight is 350 g/mol. The molecular formula is C19H14N2O3S. The van der Waals surface area contributed by atoms with Crippen LogP contribution in [0.15, 0.2) is 70.6 Å². The van der Waals surface area contributed by atoms with Crippen molar-refractivity contribution >= 4 is 34.5 Å². The first-order valence-electron chi connectivity index (χ1n) is 7.54. The van der Waals surface area contributed by atoms with E-state index < -0.39 is 4.92 Å². The highest BCUT2D eigenvalue weighted by Crippen LogP contribution is 2.30. The summed E-state index contributed by atoms with van der Waals surface area (Å²) in [5, 5.41) is 11.7. The van der Waals surface area contributed by atoms with E-state index >= 15 is 0 Å². The summed E-state index contributed by atoms with van der Waals surface area (Å²) in [6.07, 6.45) is 4.88. The van der Waals surface area contributed by atoms with Gasteiger partial charge in [0.1, 0.15) is 5.04 Å². The molecule has 2 aromatic carbocycles. The van der Waals surface area contributed by atoms with Crippen molar-refractivity contribution in [3.63, 3.8) is 0 Å². The third-order valence-corrected chi connectivity index (χ3v) is 4.63. The van der Waals surface area contributed by atoms with Gasteiger partial charge in [-0.25, -0.2) is 4.99 Å². The summed E-state index contributed by atoms with van der Waals surface area (Å²) in [5.74, 6) is -0.298. The van der Waals surface area contributed by atoms with Crippen LogP contribution >= 0.6 is 11.8 Å². The normalized spacial score (nSPS) is 15.8. The number of thioether (sulfide) groups is 1. The van der Waals surface area contributed by atoms with Crippen LogP contribution in [0, 0.1) is 17.0 Å². The van der Waals surface area contributed by atoms with E-state index in [1.165, 1.54) is 17.8 Å². The van der Waals surface area contributed by atoms with E-state index in [9.17, 15) is 14.9 Å². The molecule has 25 heavy (non-hydrogen) atoms. The van der Waals surface area contributed by atoms with Crippen molar-refractivity contribution in [1.29, 1.82) is 0 Å². The molecule has 0 fully saturated rings. The minimum atomic E-state index is -0.430. The van der Waals surface area contributed by atoms with Gasteiger partial charge >= 0.3 is 0 Å². The zero-order valence-electron chi connectivity index (χ0n) is 13.4. The van der Waals surface area contributed by atoms with Crippen LogP contribution in [-0.2, 0) is 4.79 Å². The number of rotatable bonds is 4. The second-order valence-corrected chi connectivity index (χ2v) is 6.43. The number of aryl methyl sites for hydroxylation is 1. The van der Waals surface area contributed by atoms with E-state index in [-0.39, 0.29) is 11.6 Å². The van der Waals surface area contributed by atoms with Crippen molar-refractivity contribution in [3.8, 4) is 0 Å². The van der Waals surface area contributed by atoms with E-state index in [0.29, 0.717) is 15.5 Å². The molecule has 124 valence electrons. The highest BCUT2D eigenvalue weighted by molar-refractivity contribution is 8.19. The van der Waals surface area contributed by atoms with Gasteiger partial charge in [-0.3, -0.25) is 14.9 Å². The lowest BCUT2D eigenvalue weighted by Crippen LogP contribution is -1.90. The summed E-state index contributed by atoms with van der Waals surface area (Å²) < 4.78 is 0.